The summed E-state index contributed by atoms with van der Waals surface area (Å²) in [6, 6.07) is -0.216. The summed E-state index contributed by atoms with van der Waals surface area (Å²) in [4.78, 5) is 18.1. The third-order valence-electron chi connectivity index (χ3n) is 4.22. The molecule has 1 N–H and O–H groups in total. The lowest BCUT2D eigenvalue weighted by atomic mass is 10.1. The van der Waals surface area contributed by atoms with E-state index in [1.807, 2.05) is 10.8 Å². The molecule has 3 rings (SSSR count). The number of amides is 1. The maximum atomic E-state index is 12.4. The number of likely N-dealkylation sites (N-methyl/N-ethyl adjacent to an activating group) is 1. The SMILES string of the molecule is CN(C(=O)c1cnn(C)c1)[C@@H]1CC[C@@H](n2ccnc2)[C@@H]1O. The fourth-order valence-electron chi connectivity index (χ4n) is 3.04. The van der Waals surface area contributed by atoms with E-state index >= 15 is 0 Å². The van der Waals surface area contributed by atoms with E-state index < -0.39 is 6.10 Å². The van der Waals surface area contributed by atoms with E-state index in [0.29, 0.717) is 5.56 Å². The molecule has 1 aliphatic carbocycles. The number of aliphatic hydroxyl groups excluding tert-OH is 1. The van der Waals surface area contributed by atoms with Crippen molar-refractivity contribution in [3.63, 3.8) is 0 Å². The van der Waals surface area contributed by atoms with Crippen molar-refractivity contribution in [2.75, 3.05) is 7.05 Å². The molecule has 1 aliphatic rings. The van der Waals surface area contributed by atoms with Crippen molar-refractivity contribution in [3.8, 4) is 0 Å². The minimum Gasteiger partial charge on any atom is -0.389 e. The normalized spacial score (nSPS) is 25.2. The first-order valence-corrected chi connectivity index (χ1v) is 6.99. The molecule has 0 spiro atoms. The summed E-state index contributed by atoms with van der Waals surface area (Å²) < 4.78 is 3.51. The van der Waals surface area contributed by atoms with Gasteiger partial charge < -0.3 is 14.6 Å². The molecule has 1 saturated carbocycles. The van der Waals surface area contributed by atoms with E-state index in [2.05, 4.69) is 10.1 Å². The van der Waals surface area contributed by atoms with Crippen LogP contribution in [0.15, 0.2) is 31.1 Å². The molecule has 0 aromatic carbocycles. The molecular formula is C14H19N5O2. The van der Waals surface area contributed by atoms with Crippen molar-refractivity contribution < 1.29 is 9.90 Å². The Hall–Kier alpha value is -2.15. The predicted molar refractivity (Wildman–Crippen MR) is 75.6 cm³/mol. The molecule has 2 heterocycles. The van der Waals surface area contributed by atoms with E-state index in [4.69, 9.17) is 0 Å². The number of carbonyl (C=O) groups is 1. The summed E-state index contributed by atoms with van der Waals surface area (Å²) in [5.74, 6) is -0.113. The van der Waals surface area contributed by atoms with Crippen LogP contribution in [0.3, 0.4) is 0 Å². The molecule has 0 unspecified atom stereocenters. The molecule has 7 heteroatoms. The van der Waals surface area contributed by atoms with Gasteiger partial charge >= 0.3 is 0 Å². The molecule has 0 aliphatic heterocycles. The Kier molecular flexibility index (Phi) is 3.50. The van der Waals surface area contributed by atoms with Crippen molar-refractivity contribution in [3.05, 3.63) is 36.7 Å². The van der Waals surface area contributed by atoms with Gasteiger partial charge in [-0.1, -0.05) is 0 Å². The van der Waals surface area contributed by atoms with Crippen LogP contribution in [0, 0.1) is 0 Å². The number of hydrogen-bond acceptors (Lipinski definition) is 4. The van der Waals surface area contributed by atoms with Crippen molar-refractivity contribution in [2.24, 2.45) is 7.05 Å². The second kappa shape index (κ2) is 5.33. The van der Waals surface area contributed by atoms with Gasteiger partial charge in [0.25, 0.3) is 5.91 Å². The first-order chi connectivity index (χ1) is 10.1. The van der Waals surface area contributed by atoms with Crippen LogP contribution in [0.2, 0.25) is 0 Å². The standard InChI is InChI=1S/C14H19N5O2/c1-17-8-10(7-16-17)14(21)18(2)11-3-4-12(13(11)20)19-6-5-15-9-19/h5-9,11-13,20H,3-4H2,1-2H3/t11-,12-,13-/m1/s1. The molecule has 2 aromatic heterocycles. The van der Waals surface area contributed by atoms with Crippen LogP contribution in [0.1, 0.15) is 29.2 Å². The van der Waals surface area contributed by atoms with Crippen LogP contribution >= 0.6 is 0 Å². The van der Waals surface area contributed by atoms with E-state index in [-0.39, 0.29) is 18.0 Å². The number of nitrogens with zero attached hydrogens (tertiary/aromatic N) is 5. The zero-order valence-electron chi connectivity index (χ0n) is 12.1. The molecule has 21 heavy (non-hydrogen) atoms. The highest BCUT2D eigenvalue weighted by Crippen LogP contribution is 2.33. The quantitative estimate of drug-likeness (QED) is 0.890. The first kappa shape index (κ1) is 13.8. The Morgan fingerprint density at radius 3 is 2.90 bits per heavy atom. The summed E-state index contributed by atoms with van der Waals surface area (Å²) >= 11 is 0. The molecule has 0 saturated heterocycles. The molecule has 112 valence electrons. The number of rotatable bonds is 3. The van der Waals surface area contributed by atoms with Crippen molar-refractivity contribution >= 4 is 5.91 Å². The largest absolute Gasteiger partial charge is 0.389 e. The molecule has 3 atom stereocenters. The Morgan fingerprint density at radius 2 is 2.29 bits per heavy atom. The van der Waals surface area contributed by atoms with Gasteiger partial charge in [0.05, 0.1) is 36.3 Å². The third-order valence-corrected chi connectivity index (χ3v) is 4.22. The summed E-state index contributed by atoms with van der Waals surface area (Å²) in [6.45, 7) is 0. The highest BCUT2D eigenvalue weighted by Gasteiger charge is 2.39. The Labute approximate surface area is 122 Å². The molecule has 2 aromatic rings. The van der Waals surface area contributed by atoms with Crippen LogP contribution in [0.4, 0.5) is 0 Å². The van der Waals surface area contributed by atoms with Gasteiger partial charge in [0.2, 0.25) is 0 Å². The number of carbonyl (C=O) groups excluding carboxylic acids is 1. The third kappa shape index (κ3) is 2.44. The molecule has 0 radical (unpaired) electrons. The lowest BCUT2D eigenvalue weighted by Crippen LogP contribution is -2.43. The number of aliphatic hydroxyl groups is 1. The van der Waals surface area contributed by atoms with Gasteiger partial charge in [-0.3, -0.25) is 9.48 Å². The topological polar surface area (TPSA) is 76.2 Å². The first-order valence-electron chi connectivity index (χ1n) is 6.99. The van der Waals surface area contributed by atoms with Gasteiger partial charge in [-0.25, -0.2) is 4.98 Å². The maximum Gasteiger partial charge on any atom is 0.257 e. The Bertz CT molecular complexity index is 621. The van der Waals surface area contributed by atoms with Crippen molar-refractivity contribution in [2.45, 2.75) is 31.0 Å². The van der Waals surface area contributed by atoms with Crippen LogP contribution in [0.5, 0.6) is 0 Å². The maximum absolute atomic E-state index is 12.4. The second-order valence-electron chi connectivity index (χ2n) is 5.53. The highest BCUT2D eigenvalue weighted by molar-refractivity contribution is 5.93. The van der Waals surface area contributed by atoms with Crippen LogP contribution in [-0.2, 0) is 7.05 Å². The van der Waals surface area contributed by atoms with Gasteiger partial charge in [0, 0.05) is 32.7 Å². The van der Waals surface area contributed by atoms with Gasteiger partial charge in [0.1, 0.15) is 0 Å². The highest BCUT2D eigenvalue weighted by atomic mass is 16.3. The molecule has 1 fully saturated rings. The predicted octanol–water partition coefficient (Wildman–Crippen LogP) is 0.453. The minimum atomic E-state index is -0.593. The Balaban J connectivity index is 1.74. The zero-order valence-corrected chi connectivity index (χ0v) is 12.1. The average Bonchev–Trinajstić information content (AvgIpc) is 3.17. The lowest BCUT2D eigenvalue weighted by Gasteiger charge is -2.28. The van der Waals surface area contributed by atoms with Gasteiger partial charge in [0.15, 0.2) is 0 Å². The fraction of sp³-hybridized carbons (Fsp3) is 0.500. The monoisotopic (exact) mass is 289 g/mol. The van der Waals surface area contributed by atoms with Gasteiger partial charge in [-0.15, -0.1) is 0 Å². The van der Waals surface area contributed by atoms with Crippen LogP contribution in [-0.4, -0.2) is 54.4 Å². The van der Waals surface area contributed by atoms with Crippen molar-refractivity contribution in [1.82, 2.24) is 24.2 Å². The number of hydrogen-bond donors (Lipinski definition) is 1. The number of imidazole rings is 1. The summed E-state index contributed by atoms with van der Waals surface area (Å²) in [5.41, 5.74) is 0.540. The summed E-state index contributed by atoms with van der Waals surface area (Å²) in [5, 5.41) is 14.5. The van der Waals surface area contributed by atoms with E-state index in [9.17, 15) is 9.90 Å². The molecular weight excluding hydrogens is 270 g/mol. The number of aromatic nitrogens is 4. The second-order valence-corrected chi connectivity index (χ2v) is 5.53. The van der Waals surface area contributed by atoms with Crippen LogP contribution in [0.25, 0.3) is 0 Å². The average molecular weight is 289 g/mol. The van der Waals surface area contributed by atoms with Crippen molar-refractivity contribution in [1.29, 1.82) is 0 Å². The van der Waals surface area contributed by atoms with Crippen LogP contribution < -0.4 is 0 Å². The Morgan fingerprint density at radius 1 is 1.48 bits per heavy atom. The number of aryl methyl sites for hydroxylation is 1. The minimum absolute atomic E-state index is 0.0263. The van der Waals surface area contributed by atoms with Gasteiger partial charge in [-0.2, -0.15) is 5.10 Å². The zero-order chi connectivity index (χ0) is 15.0. The summed E-state index contributed by atoms with van der Waals surface area (Å²) in [7, 11) is 3.51. The molecule has 0 bridgehead atoms. The van der Waals surface area contributed by atoms with Gasteiger partial charge in [-0.05, 0) is 12.8 Å². The van der Waals surface area contributed by atoms with E-state index in [1.165, 1.54) is 0 Å². The summed E-state index contributed by atoms with van der Waals surface area (Å²) in [6.07, 6.45) is 9.49. The lowest BCUT2D eigenvalue weighted by molar-refractivity contribution is 0.0443. The van der Waals surface area contributed by atoms with E-state index in [0.717, 1.165) is 12.8 Å². The van der Waals surface area contributed by atoms with E-state index in [1.54, 1.807) is 48.6 Å². The smallest absolute Gasteiger partial charge is 0.257 e. The fourth-order valence-corrected chi connectivity index (χ4v) is 3.04. The molecule has 7 nitrogen and oxygen atoms in total. The molecule has 1 amide bonds.